The van der Waals surface area contributed by atoms with Crippen LogP contribution in [0.15, 0.2) is 48.6 Å². The van der Waals surface area contributed by atoms with Crippen LogP contribution in [-0.2, 0) is 4.79 Å². The van der Waals surface area contributed by atoms with Crippen molar-refractivity contribution in [2.45, 2.75) is 6.92 Å². The third kappa shape index (κ3) is 5.98. The standard InChI is InChI=1S/C24H23ClFN5O2/c1-4-33-22-12-20-17(11-21(22)30-23(32)6-5-9-31(2)3)24(15(13-27)14-28-20)29-16-7-8-19(26)18(25)10-16/h5-8,10-12,14H,4,9H2,1-3H3,(H,28,29)(H,30,32)/b6-5+/i5D,6D,7D,8D,9D2,10D. The highest BCUT2D eigenvalue weighted by Crippen LogP contribution is 2.36. The number of fused-ring (bicyclic) bond motifs is 1. The van der Waals surface area contributed by atoms with Crippen molar-refractivity contribution in [3.8, 4) is 11.8 Å². The zero-order valence-electron chi connectivity index (χ0n) is 24.9. The molecular formula is C24H23ClFN5O2. The number of ether oxygens (including phenoxy) is 1. The molecule has 0 bridgehead atoms. The zero-order chi connectivity index (χ0) is 30.1. The van der Waals surface area contributed by atoms with Gasteiger partial charge in [-0.2, -0.15) is 5.26 Å². The Balaban J connectivity index is 2.23. The summed E-state index contributed by atoms with van der Waals surface area (Å²) in [6.45, 7) is -0.560. The van der Waals surface area contributed by atoms with Crippen LogP contribution in [0.25, 0.3) is 10.9 Å². The number of pyridine rings is 1. The minimum absolute atomic E-state index is 0.00174. The molecule has 7 nitrogen and oxygen atoms in total. The van der Waals surface area contributed by atoms with E-state index >= 15 is 0 Å². The van der Waals surface area contributed by atoms with Crippen LogP contribution in [0.4, 0.5) is 21.5 Å². The first-order valence-corrected chi connectivity index (χ1v) is 9.93. The number of halogens is 2. The molecule has 0 atom stereocenters. The summed E-state index contributed by atoms with van der Waals surface area (Å²) in [5, 5.41) is 14.4. The Hall–Kier alpha value is -3.67. The number of benzene rings is 2. The lowest BCUT2D eigenvalue weighted by Crippen LogP contribution is -2.13. The Morgan fingerprint density at radius 1 is 1.48 bits per heavy atom. The summed E-state index contributed by atoms with van der Waals surface area (Å²) >= 11 is 5.85. The van der Waals surface area contributed by atoms with E-state index < -0.39 is 53.5 Å². The molecule has 9 heteroatoms. The van der Waals surface area contributed by atoms with Crippen molar-refractivity contribution < 1.29 is 23.5 Å². The van der Waals surface area contributed by atoms with Crippen LogP contribution in [0.3, 0.4) is 0 Å². The molecule has 0 aliphatic heterocycles. The van der Waals surface area contributed by atoms with Gasteiger partial charge in [0.05, 0.1) is 40.9 Å². The summed E-state index contributed by atoms with van der Waals surface area (Å²) in [6, 6.07) is 0.712. The number of hydrogen-bond acceptors (Lipinski definition) is 6. The Morgan fingerprint density at radius 2 is 2.27 bits per heavy atom. The molecule has 0 radical (unpaired) electrons. The molecule has 1 aromatic heterocycles. The van der Waals surface area contributed by atoms with Gasteiger partial charge in [0.15, 0.2) is 0 Å². The molecule has 0 saturated heterocycles. The largest absolute Gasteiger partial charge is 0.492 e. The number of rotatable bonds is 8. The quantitative estimate of drug-likeness (QED) is 0.441. The van der Waals surface area contributed by atoms with Crippen molar-refractivity contribution in [1.29, 1.82) is 5.26 Å². The molecule has 0 saturated carbocycles. The topological polar surface area (TPSA) is 90.3 Å². The fourth-order valence-corrected chi connectivity index (χ4v) is 2.86. The minimum Gasteiger partial charge on any atom is -0.492 e. The first kappa shape index (κ1) is 16.0. The molecular weight excluding hydrogens is 445 g/mol. The number of anilines is 3. The number of amides is 1. The average Bonchev–Trinajstić information content (AvgIpc) is 2.92. The SMILES string of the molecule is [2H]/C(C(=O)Nc1cc2c(Nc3c([2H])c([2H])c(F)c(Cl)c3[2H])c(C#N)cnc2cc1OCC)=C(/[2H])C([2H])([2H])N(C)C. The van der Waals surface area contributed by atoms with E-state index in [0.29, 0.717) is 0 Å². The Labute approximate surface area is 206 Å². The summed E-state index contributed by atoms with van der Waals surface area (Å²) in [7, 11) is 2.71. The van der Waals surface area contributed by atoms with Crippen molar-refractivity contribution in [3.05, 3.63) is 65.0 Å². The van der Waals surface area contributed by atoms with Crippen LogP contribution in [0.2, 0.25) is 5.02 Å². The molecule has 0 aliphatic carbocycles. The maximum atomic E-state index is 14.1. The highest BCUT2D eigenvalue weighted by atomic mass is 35.5. The third-order valence-electron chi connectivity index (χ3n) is 4.07. The molecule has 0 aliphatic rings. The van der Waals surface area contributed by atoms with Crippen molar-refractivity contribution in [1.82, 2.24) is 9.88 Å². The van der Waals surface area contributed by atoms with Gasteiger partial charge in [0, 0.05) is 38.6 Å². The maximum Gasteiger partial charge on any atom is 0.248 e. The lowest BCUT2D eigenvalue weighted by atomic mass is 10.1. The van der Waals surface area contributed by atoms with E-state index in [-0.39, 0.29) is 45.9 Å². The van der Waals surface area contributed by atoms with Crippen LogP contribution in [-0.4, -0.2) is 43.0 Å². The number of nitrogens with zero attached hydrogens (tertiary/aromatic N) is 3. The van der Waals surface area contributed by atoms with Crippen LogP contribution in [0, 0.1) is 17.1 Å². The van der Waals surface area contributed by atoms with Gasteiger partial charge in [-0.3, -0.25) is 9.78 Å². The molecule has 1 heterocycles. The fourth-order valence-electron chi connectivity index (χ4n) is 2.72. The van der Waals surface area contributed by atoms with Crippen LogP contribution >= 0.6 is 11.6 Å². The van der Waals surface area contributed by atoms with Crippen LogP contribution in [0.1, 0.15) is 22.1 Å². The molecule has 3 aromatic rings. The summed E-state index contributed by atoms with van der Waals surface area (Å²) in [6.07, 6.45) is 1.21. The second kappa shape index (κ2) is 10.8. The molecule has 1 amide bonds. The van der Waals surface area contributed by atoms with Gasteiger partial charge in [-0.15, -0.1) is 0 Å². The van der Waals surface area contributed by atoms with E-state index in [0.717, 1.165) is 4.90 Å². The Bertz CT molecular complexity index is 1570. The van der Waals surface area contributed by atoms with Crippen molar-refractivity contribution in [2.24, 2.45) is 0 Å². The Kier molecular flexibility index (Phi) is 5.23. The van der Waals surface area contributed by atoms with Gasteiger partial charge in [-0.1, -0.05) is 17.7 Å². The normalized spacial score (nSPS) is 15.1. The van der Waals surface area contributed by atoms with E-state index in [4.69, 9.17) is 25.9 Å². The molecule has 0 fully saturated rings. The number of hydrogen-bond donors (Lipinski definition) is 2. The molecule has 33 heavy (non-hydrogen) atoms. The fraction of sp³-hybridized carbons (Fsp3) is 0.208. The molecule has 0 unspecified atom stereocenters. The number of nitriles is 1. The maximum absolute atomic E-state index is 14.1. The van der Waals surface area contributed by atoms with Gasteiger partial charge < -0.3 is 20.3 Å². The number of nitrogens with one attached hydrogen (secondary N) is 2. The molecule has 170 valence electrons. The first-order valence-electron chi connectivity index (χ1n) is 13.0. The van der Waals surface area contributed by atoms with Gasteiger partial charge in [-0.25, -0.2) is 4.39 Å². The zero-order valence-corrected chi connectivity index (χ0v) is 18.6. The number of carbonyl (C=O) groups is 1. The van der Waals surface area contributed by atoms with E-state index in [1.165, 1.54) is 32.4 Å². The van der Waals surface area contributed by atoms with Gasteiger partial charge >= 0.3 is 0 Å². The van der Waals surface area contributed by atoms with E-state index in [1.54, 1.807) is 6.92 Å². The molecule has 2 aromatic carbocycles. The van der Waals surface area contributed by atoms with Crippen LogP contribution in [0.5, 0.6) is 5.75 Å². The highest BCUT2D eigenvalue weighted by Gasteiger charge is 2.15. The molecule has 3 rings (SSSR count). The predicted molar refractivity (Wildman–Crippen MR) is 129 cm³/mol. The molecule has 0 spiro atoms. The highest BCUT2D eigenvalue weighted by molar-refractivity contribution is 6.31. The smallest absolute Gasteiger partial charge is 0.248 e. The van der Waals surface area contributed by atoms with Gasteiger partial charge in [0.1, 0.15) is 17.6 Å². The van der Waals surface area contributed by atoms with E-state index in [9.17, 15) is 14.4 Å². The minimum atomic E-state index is -2.40. The second-order valence-corrected chi connectivity index (χ2v) is 7.05. The van der Waals surface area contributed by atoms with Crippen molar-refractivity contribution >= 4 is 45.5 Å². The van der Waals surface area contributed by atoms with E-state index in [2.05, 4.69) is 15.6 Å². The summed E-state index contributed by atoms with van der Waals surface area (Å²) in [4.78, 5) is 18.2. The lowest BCUT2D eigenvalue weighted by molar-refractivity contribution is -0.111. The number of likely N-dealkylation sites (N-methyl/N-ethyl adjacent to an activating group) is 1. The Morgan fingerprint density at radius 3 is 2.97 bits per heavy atom. The second-order valence-electron chi connectivity index (χ2n) is 6.67. The van der Waals surface area contributed by atoms with Crippen molar-refractivity contribution in [3.63, 3.8) is 0 Å². The van der Waals surface area contributed by atoms with Gasteiger partial charge in [0.2, 0.25) is 5.91 Å². The lowest BCUT2D eigenvalue weighted by Gasteiger charge is -2.16. The van der Waals surface area contributed by atoms with Crippen molar-refractivity contribution in [2.75, 3.05) is 37.8 Å². The third-order valence-corrected chi connectivity index (χ3v) is 4.33. The summed E-state index contributed by atoms with van der Waals surface area (Å²) < 4.78 is 75.8. The summed E-state index contributed by atoms with van der Waals surface area (Å²) in [5.74, 6) is -2.23. The van der Waals surface area contributed by atoms with Gasteiger partial charge in [-0.05, 0) is 45.2 Å². The van der Waals surface area contributed by atoms with Crippen LogP contribution < -0.4 is 15.4 Å². The molecule has 2 N–H and O–H groups in total. The van der Waals surface area contributed by atoms with Gasteiger partial charge in [0.25, 0.3) is 0 Å². The summed E-state index contributed by atoms with van der Waals surface area (Å²) in [5.41, 5.74) is -0.179. The van der Waals surface area contributed by atoms with E-state index in [1.807, 2.05) is 6.07 Å². The number of aromatic nitrogens is 1. The average molecular weight is 475 g/mol. The predicted octanol–water partition coefficient (Wildman–Crippen LogP) is 5.10. The first-order chi connectivity index (χ1) is 18.7. The monoisotopic (exact) mass is 474 g/mol. The number of carbonyl (C=O) groups excluding carboxylic acids is 1.